The number of aliphatic carboxylic acids is 1. The fraction of sp³-hybridized carbons (Fsp3) is 0.404. The van der Waals surface area contributed by atoms with Crippen molar-refractivity contribution in [3.63, 3.8) is 0 Å². The van der Waals surface area contributed by atoms with Gasteiger partial charge in [-0.15, -0.1) is 11.8 Å². The lowest BCUT2D eigenvalue weighted by Crippen LogP contribution is -2.34. The lowest BCUT2D eigenvalue weighted by Gasteiger charge is -2.14. The van der Waals surface area contributed by atoms with Crippen LogP contribution in [0.4, 0.5) is 0 Å². The Hall–Kier alpha value is -5.37. The van der Waals surface area contributed by atoms with Crippen LogP contribution in [0.3, 0.4) is 0 Å². The van der Waals surface area contributed by atoms with Gasteiger partial charge in [0.1, 0.15) is 5.78 Å². The van der Waals surface area contributed by atoms with E-state index < -0.39 is 5.97 Å². The molecule has 3 N–H and O–H groups in total. The van der Waals surface area contributed by atoms with Crippen LogP contribution in [-0.4, -0.2) is 97.5 Å². The molecule has 0 aliphatic carbocycles. The predicted molar refractivity (Wildman–Crippen MR) is 241 cm³/mol. The molecule has 1 saturated heterocycles. The zero-order chi connectivity index (χ0) is 43.1. The molecule has 316 valence electrons. The van der Waals surface area contributed by atoms with Crippen LogP contribution < -0.4 is 0 Å². The number of aromatic nitrogens is 4. The summed E-state index contributed by atoms with van der Waals surface area (Å²) in [6, 6.07) is 8.04. The first kappa shape index (κ1) is 44.2. The fourth-order valence-electron chi connectivity index (χ4n) is 7.99. The molecule has 1 atom stereocenters. The quantitative estimate of drug-likeness (QED) is 0.0738. The average Bonchev–Trinajstić information content (AvgIpc) is 3.94. The zero-order valence-electron chi connectivity index (χ0n) is 35.3. The molecule has 0 saturated carbocycles. The number of ether oxygens (including phenoxy) is 2. The van der Waals surface area contributed by atoms with E-state index in [9.17, 15) is 24.3 Å². The third-order valence-electron chi connectivity index (χ3n) is 11.4. The average molecular weight is 834 g/mol. The number of carbonyl (C=O) groups is 4. The van der Waals surface area contributed by atoms with Crippen molar-refractivity contribution in [2.45, 2.75) is 84.8 Å². The molecule has 3 aliphatic rings. The highest BCUT2D eigenvalue weighted by atomic mass is 32.2. The second kappa shape index (κ2) is 19.8. The molecule has 8 bridgehead atoms. The highest BCUT2D eigenvalue weighted by Crippen LogP contribution is 2.38. The van der Waals surface area contributed by atoms with Crippen LogP contribution in [0.15, 0.2) is 37.4 Å². The van der Waals surface area contributed by atoms with E-state index in [-0.39, 0.29) is 48.8 Å². The van der Waals surface area contributed by atoms with E-state index in [0.717, 1.165) is 83.8 Å². The van der Waals surface area contributed by atoms with Gasteiger partial charge in [0, 0.05) is 65.5 Å². The van der Waals surface area contributed by atoms with E-state index in [1.807, 2.05) is 51.1 Å². The molecule has 3 aliphatic heterocycles. The maximum absolute atomic E-state index is 13.2. The van der Waals surface area contributed by atoms with Gasteiger partial charge in [-0.3, -0.25) is 24.1 Å². The molecule has 12 nitrogen and oxygen atoms in total. The molecule has 0 spiro atoms. The third kappa shape index (κ3) is 9.80. The Morgan fingerprint density at radius 2 is 1.33 bits per heavy atom. The number of Topliss-reactive ketones (excluding diaryl/α,β-unsaturated/α-hetero) is 1. The van der Waals surface area contributed by atoms with Crippen molar-refractivity contribution >= 4 is 91.8 Å². The molecule has 3 aromatic heterocycles. The zero-order valence-corrected chi connectivity index (χ0v) is 36.1. The largest absolute Gasteiger partial charge is 0.481 e. The number of hydrogen-bond donors (Lipinski definition) is 3. The molecule has 6 heterocycles. The van der Waals surface area contributed by atoms with Crippen LogP contribution >= 0.6 is 11.8 Å². The molecule has 13 heteroatoms. The first-order chi connectivity index (χ1) is 28.8. The van der Waals surface area contributed by atoms with Gasteiger partial charge < -0.3 is 24.5 Å². The van der Waals surface area contributed by atoms with Gasteiger partial charge >= 0.3 is 5.97 Å². The molecular formula is C47H55N5O7S. The fourth-order valence-corrected chi connectivity index (χ4v) is 8.93. The molecule has 0 aromatic carbocycles. The number of thioether (sulfide) groups is 1. The standard InChI is InChI=1S/C47H55N5O7S/c1-8-32-27(4)36-22-37-29(6)34(14-13-31(53)12-11-18-58-20-21-59-19-17-52-45(54)26-44(47(52)57)60-10-3)42(50-37)25-43-35(15-16-46(55)56)30(7)39(51-43)24-41-33(9-2)28(5)38(49-41)23-40(32)48-36/h8-9,22-25,44,48-49H,1-2,10-21,26H2,3-7H3,(H,55,56). The first-order valence-electron chi connectivity index (χ1n) is 20.6. The number of allylic oxidation sites excluding steroid dienone is 4. The van der Waals surface area contributed by atoms with Gasteiger partial charge in [0.05, 0.1) is 54.4 Å². The van der Waals surface area contributed by atoms with Crippen molar-refractivity contribution in [3.05, 3.63) is 82.5 Å². The van der Waals surface area contributed by atoms with Crippen molar-refractivity contribution in [2.24, 2.45) is 0 Å². The van der Waals surface area contributed by atoms with Crippen molar-refractivity contribution in [1.29, 1.82) is 0 Å². The maximum atomic E-state index is 13.2. The molecule has 3 aromatic rings. The summed E-state index contributed by atoms with van der Waals surface area (Å²) in [5.41, 5.74) is 14.1. The number of imide groups is 1. The Bertz CT molecular complexity index is 2460. The second-order valence-corrected chi connectivity index (χ2v) is 16.7. The maximum Gasteiger partial charge on any atom is 0.303 e. The minimum Gasteiger partial charge on any atom is -0.481 e. The number of nitrogens with one attached hydrogen (secondary N) is 2. The monoisotopic (exact) mass is 833 g/mol. The summed E-state index contributed by atoms with van der Waals surface area (Å²) in [4.78, 5) is 68.2. The van der Waals surface area contributed by atoms with E-state index in [4.69, 9.17) is 19.4 Å². The number of aryl methyl sites for hydroxylation is 2. The van der Waals surface area contributed by atoms with Crippen molar-refractivity contribution in [3.8, 4) is 0 Å². The SMILES string of the molecule is C=Cc1c(C)c2cc3[nH]c(cc4nc(cc5nc(cc1[nH]2)C(C)=C5CCC(=O)O)C(CCC(=O)CCCOCCOCCN1C(=O)CC(SCC)C1=O)=C4C)c(C)c3C=C. The number of nitrogens with zero attached hydrogens (tertiary/aromatic N) is 3. The molecular weight excluding hydrogens is 779 g/mol. The van der Waals surface area contributed by atoms with Crippen molar-refractivity contribution in [2.75, 3.05) is 38.7 Å². The van der Waals surface area contributed by atoms with Crippen LogP contribution in [0, 0.1) is 13.8 Å². The van der Waals surface area contributed by atoms with Crippen molar-refractivity contribution < 1.29 is 33.8 Å². The minimum atomic E-state index is -0.888. The number of ketones is 1. The number of carbonyl (C=O) groups excluding carboxylic acids is 3. The topological polar surface area (TPSA) is 168 Å². The summed E-state index contributed by atoms with van der Waals surface area (Å²) >= 11 is 1.50. The summed E-state index contributed by atoms with van der Waals surface area (Å²) in [7, 11) is 0. The number of amides is 2. The molecule has 1 fully saturated rings. The number of aromatic amines is 2. The van der Waals surface area contributed by atoms with Gasteiger partial charge in [-0.2, -0.15) is 0 Å². The molecule has 1 unspecified atom stereocenters. The number of rotatable bonds is 20. The predicted octanol–water partition coefficient (Wildman–Crippen LogP) is 8.99. The first-order valence-corrected chi connectivity index (χ1v) is 21.7. The smallest absolute Gasteiger partial charge is 0.303 e. The Kier molecular flexibility index (Phi) is 14.6. The summed E-state index contributed by atoms with van der Waals surface area (Å²) in [6.07, 6.45) is 5.92. The summed E-state index contributed by atoms with van der Waals surface area (Å²) < 4.78 is 11.3. The van der Waals surface area contributed by atoms with E-state index in [0.29, 0.717) is 63.3 Å². The Morgan fingerprint density at radius 3 is 1.92 bits per heavy atom. The number of likely N-dealkylation sites (tertiary alicyclic amines) is 1. The highest BCUT2D eigenvalue weighted by molar-refractivity contribution is 8.00. The minimum absolute atomic E-state index is 0.0438. The number of fused-ring (bicyclic) bond motifs is 8. The molecule has 6 rings (SSSR count). The van der Waals surface area contributed by atoms with E-state index in [2.05, 4.69) is 43.0 Å². The Labute approximate surface area is 355 Å². The third-order valence-corrected chi connectivity index (χ3v) is 12.5. The van der Waals surface area contributed by atoms with Crippen LogP contribution in [-0.2, 0) is 28.7 Å². The van der Waals surface area contributed by atoms with Gasteiger partial charge in [-0.25, -0.2) is 9.97 Å². The summed E-state index contributed by atoms with van der Waals surface area (Å²) in [6.45, 7) is 19.8. The molecule has 2 amide bonds. The van der Waals surface area contributed by atoms with Gasteiger partial charge in [0.25, 0.3) is 0 Å². The van der Waals surface area contributed by atoms with Crippen molar-refractivity contribution in [1.82, 2.24) is 24.8 Å². The number of H-pyrrole nitrogens is 2. The van der Waals surface area contributed by atoms with E-state index in [1.54, 1.807) is 0 Å². The van der Waals surface area contributed by atoms with E-state index in [1.165, 1.54) is 16.7 Å². The van der Waals surface area contributed by atoms with Crippen LogP contribution in [0.5, 0.6) is 0 Å². The molecule has 0 radical (unpaired) electrons. The lowest BCUT2D eigenvalue weighted by molar-refractivity contribution is -0.139. The second-order valence-electron chi connectivity index (χ2n) is 15.2. The molecule has 60 heavy (non-hydrogen) atoms. The summed E-state index contributed by atoms with van der Waals surface area (Å²) in [5, 5.41) is 9.36. The lowest BCUT2D eigenvalue weighted by atomic mass is 9.97. The highest BCUT2D eigenvalue weighted by Gasteiger charge is 2.38. The van der Waals surface area contributed by atoms with Gasteiger partial charge in [-0.1, -0.05) is 32.2 Å². The van der Waals surface area contributed by atoms with Crippen LogP contribution in [0.1, 0.15) is 111 Å². The van der Waals surface area contributed by atoms with E-state index >= 15 is 0 Å². The van der Waals surface area contributed by atoms with Gasteiger partial charge in [0.15, 0.2) is 0 Å². The van der Waals surface area contributed by atoms with Gasteiger partial charge in [-0.05, 0) is 110 Å². The number of hydrogen-bond acceptors (Lipinski definition) is 9. The summed E-state index contributed by atoms with van der Waals surface area (Å²) in [5.74, 6) is -0.274. The Morgan fingerprint density at radius 1 is 0.783 bits per heavy atom. The van der Waals surface area contributed by atoms with Crippen LogP contribution in [0.2, 0.25) is 0 Å². The van der Waals surface area contributed by atoms with Crippen LogP contribution in [0.25, 0.3) is 56.5 Å². The Balaban J connectivity index is 1.19. The van der Waals surface area contributed by atoms with Gasteiger partial charge in [0.2, 0.25) is 11.8 Å². The number of carboxylic acid groups (broad SMARTS) is 1. The number of carboxylic acids is 1. The normalized spacial score (nSPS) is 15.4.